The highest BCUT2D eigenvalue weighted by Gasteiger charge is 2.27. The average Bonchev–Trinajstić information content (AvgIpc) is 2.84. The number of benzene rings is 2. The Balaban J connectivity index is 1.84. The molecule has 1 heterocycles. The first kappa shape index (κ1) is 24.0. The van der Waals surface area contributed by atoms with Crippen molar-refractivity contribution in [2.75, 3.05) is 33.2 Å². The largest absolute Gasteiger partial charge is 0.497 e. The summed E-state index contributed by atoms with van der Waals surface area (Å²) >= 11 is 0. The van der Waals surface area contributed by atoms with Crippen molar-refractivity contribution in [3.63, 3.8) is 0 Å². The van der Waals surface area contributed by atoms with Crippen LogP contribution in [0.25, 0.3) is 0 Å². The van der Waals surface area contributed by atoms with Crippen molar-refractivity contribution in [3.05, 3.63) is 72.6 Å². The number of ether oxygens (including phenoxy) is 3. The number of carbonyl (C=O) groups excluding carboxylic acids is 1. The molecule has 0 aliphatic heterocycles. The highest BCUT2D eigenvalue weighted by Crippen LogP contribution is 2.29. The predicted octanol–water partition coefficient (Wildman–Crippen LogP) is 2.94. The Morgan fingerprint density at radius 1 is 0.970 bits per heavy atom. The smallest absolute Gasteiger partial charge is 0.245 e. The number of carbonyl (C=O) groups is 1. The minimum Gasteiger partial charge on any atom is -0.497 e. The van der Waals surface area contributed by atoms with E-state index in [1.165, 1.54) is 38.7 Å². The molecule has 1 amide bonds. The molecule has 10 heteroatoms. The van der Waals surface area contributed by atoms with Crippen molar-refractivity contribution in [2.24, 2.45) is 0 Å². The van der Waals surface area contributed by atoms with Crippen molar-refractivity contribution in [2.45, 2.75) is 11.4 Å². The second kappa shape index (κ2) is 10.8. The molecule has 0 saturated carbocycles. The molecule has 33 heavy (non-hydrogen) atoms. The SMILES string of the molecule is COc1ccc(CN(CC(=O)Nc2ccc(OC)c(OC)c2)S(=O)(=O)c2cccnc2)cc1. The van der Waals surface area contributed by atoms with Crippen LogP contribution in [-0.2, 0) is 21.4 Å². The molecule has 1 aromatic heterocycles. The Labute approximate surface area is 193 Å². The van der Waals surface area contributed by atoms with E-state index >= 15 is 0 Å². The molecule has 0 bridgehead atoms. The molecule has 0 atom stereocenters. The van der Waals surface area contributed by atoms with Crippen molar-refractivity contribution in [1.29, 1.82) is 0 Å². The minimum atomic E-state index is -3.99. The zero-order chi connectivity index (χ0) is 23.8. The van der Waals surface area contributed by atoms with E-state index in [0.717, 1.165) is 4.31 Å². The number of rotatable bonds is 10. The summed E-state index contributed by atoms with van der Waals surface area (Å²) in [5.41, 5.74) is 1.14. The lowest BCUT2D eigenvalue weighted by Gasteiger charge is -2.22. The van der Waals surface area contributed by atoms with Gasteiger partial charge in [-0.2, -0.15) is 4.31 Å². The predicted molar refractivity (Wildman–Crippen MR) is 123 cm³/mol. The van der Waals surface area contributed by atoms with E-state index in [4.69, 9.17) is 14.2 Å². The topological polar surface area (TPSA) is 107 Å². The van der Waals surface area contributed by atoms with Crippen molar-refractivity contribution in [3.8, 4) is 17.2 Å². The molecule has 0 aliphatic carbocycles. The molecule has 1 N–H and O–H groups in total. The molecule has 0 fully saturated rings. The number of sulfonamides is 1. The number of nitrogens with one attached hydrogen (secondary N) is 1. The van der Waals surface area contributed by atoms with Gasteiger partial charge < -0.3 is 19.5 Å². The fourth-order valence-electron chi connectivity index (χ4n) is 3.08. The molecule has 3 rings (SSSR count). The van der Waals surface area contributed by atoms with E-state index in [1.54, 1.807) is 49.6 Å². The molecule has 0 aliphatic rings. The third-order valence-corrected chi connectivity index (χ3v) is 6.55. The molecule has 2 aromatic carbocycles. The first-order valence-electron chi connectivity index (χ1n) is 9.92. The maximum atomic E-state index is 13.3. The quantitative estimate of drug-likeness (QED) is 0.484. The fourth-order valence-corrected chi connectivity index (χ4v) is 4.43. The molecule has 3 aromatic rings. The number of hydrogen-bond acceptors (Lipinski definition) is 7. The second-order valence-electron chi connectivity index (χ2n) is 6.93. The van der Waals surface area contributed by atoms with Gasteiger partial charge in [0, 0.05) is 30.7 Å². The number of pyridine rings is 1. The third-order valence-electron chi connectivity index (χ3n) is 4.78. The van der Waals surface area contributed by atoms with Gasteiger partial charge in [0.15, 0.2) is 11.5 Å². The summed E-state index contributed by atoms with van der Waals surface area (Å²) < 4.78 is 43.3. The summed E-state index contributed by atoms with van der Waals surface area (Å²) in [4.78, 5) is 16.7. The van der Waals surface area contributed by atoms with Crippen LogP contribution in [0.2, 0.25) is 0 Å². The number of amides is 1. The lowest BCUT2D eigenvalue weighted by molar-refractivity contribution is -0.116. The van der Waals surface area contributed by atoms with E-state index in [0.29, 0.717) is 28.5 Å². The van der Waals surface area contributed by atoms with E-state index in [9.17, 15) is 13.2 Å². The highest BCUT2D eigenvalue weighted by atomic mass is 32.2. The molecule has 174 valence electrons. The Bertz CT molecular complexity index is 1180. The van der Waals surface area contributed by atoms with E-state index < -0.39 is 22.5 Å². The summed E-state index contributed by atoms with van der Waals surface area (Å²) in [6.07, 6.45) is 2.74. The number of hydrogen-bond donors (Lipinski definition) is 1. The molecular weight excluding hydrogens is 446 g/mol. The van der Waals surface area contributed by atoms with Gasteiger partial charge in [-0.1, -0.05) is 12.1 Å². The van der Waals surface area contributed by atoms with Gasteiger partial charge in [-0.05, 0) is 42.0 Å². The van der Waals surface area contributed by atoms with Gasteiger partial charge in [0.25, 0.3) is 0 Å². The monoisotopic (exact) mass is 471 g/mol. The second-order valence-corrected chi connectivity index (χ2v) is 8.87. The standard InChI is InChI=1S/C23H25N3O6S/c1-30-19-9-6-17(7-10-19)15-26(33(28,29)20-5-4-12-24-14-20)16-23(27)25-18-8-11-21(31-2)22(13-18)32-3/h4-14H,15-16H2,1-3H3,(H,25,27). The van der Waals surface area contributed by atoms with Crippen LogP contribution >= 0.6 is 0 Å². The summed E-state index contributed by atoms with van der Waals surface area (Å²) in [5, 5.41) is 2.71. The first-order valence-corrected chi connectivity index (χ1v) is 11.4. The highest BCUT2D eigenvalue weighted by molar-refractivity contribution is 7.89. The summed E-state index contributed by atoms with van der Waals surface area (Å²) in [5.74, 6) is 1.08. The van der Waals surface area contributed by atoms with Gasteiger partial charge in [-0.15, -0.1) is 0 Å². The Hall–Kier alpha value is -3.63. The van der Waals surface area contributed by atoms with Gasteiger partial charge in [0.05, 0.1) is 27.9 Å². The lowest BCUT2D eigenvalue weighted by atomic mass is 10.2. The van der Waals surface area contributed by atoms with Crippen LogP contribution in [0.1, 0.15) is 5.56 Å². The lowest BCUT2D eigenvalue weighted by Crippen LogP contribution is -2.37. The van der Waals surface area contributed by atoms with Gasteiger partial charge in [-0.25, -0.2) is 8.42 Å². The van der Waals surface area contributed by atoms with Crippen LogP contribution in [0, 0.1) is 0 Å². The maximum absolute atomic E-state index is 13.3. The molecule has 0 unspecified atom stereocenters. The van der Waals surface area contributed by atoms with E-state index in [-0.39, 0.29) is 11.4 Å². The van der Waals surface area contributed by atoms with Crippen LogP contribution in [0.4, 0.5) is 5.69 Å². The van der Waals surface area contributed by atoms with Crippen LogP contribution in [0.3, 0.4) is 0 Å². The minimum absolute atomic E-state index is 0.00238. The zero-order valence-corrected chi connectivity index (χ0v) is 19.3. The third kappa shape index (κ3) is 5.99. The Morgan fingerprint density at radius 2 is 1.70 bits per heavy atom. The number of aromatic nitrogens is 1. The Kier molecular flexibility index (Phi) is 7.86. The van der Waals surface area contributed by atoms with Crippen LogP contribution in [0.15, 0.2) is 71.9 Å². The maximum Gasteiger partial charge on any atom is 0.245 e. The Morgan fingerprint density at radius 3 is 2.30 bits per heavy atom. The summed E-state index contributed by atoms with van der Waals surface area (Å²) in [6, 6.07) is 14.8. The van der Waals surface area contributed by atoms with Crippen LogP contribution in [-0.4, -0.2) is 51.5 Å². The summed E-state index contributed by atoms with van der Waals surface area (Å²) in [6.45, 7) is -0.418. The van der Waals surface area contributed by atoms with Gasteiger partial charge in [0.2, 0.25) is 15.9 Å². The molecule has 0 spiro atoms. The van der Waals surface area contributed by atoms with E-state index in [1.807, 2.05) is 0 Å². The number of methoxy groups -OCH3 is 3. The van der Waals surface area contributed by atoms with Gasteiger partial charge in [0.1, 0.15) is 10.6 Å². The number of anilines is 1. The van der Waals surface area contributed by atoms with Crippen LogP contribution in [0.5, 0.6) is 17.2 Å². The normalized spacial score (nSPS) is 11.2. The van der Waals surface area contributed by atoms with Gasteiger partial charge >= 0.3 is 0 Å². The van der Waals surface area contributed by atoms with Gasteiger partial charge in [-0.3, -0.25) is 9.78 Å². The molecule has 9 nitrogen and oxygen atoms in total. The average molecular weight is 472 g/mol. The summed E-state index contributed by atoms with van der Waals surface area (Å²) in [7, 11) is 0.554. The molecule has 0 saturated heterocycles. The first-order chi connectivity index (χ1) is 15.9. The van der Waals surface area contributed by atoms with Crippen LogP contribution < -0.4 is 19.5 Å². The fraction of sp³-hybridized carbons (Fsp3) is 0.217. The molecule has 0 radical (unpaired) electrons. The van der Waals surface area contributed by atoms with Crippen molar-refractivity contribution in [1.82, 2.24) is 9.29 Å². The molecular formula is C23H25N3O6S. The van der Waals surface area contributed by atoms with Crippen molar-refractivity contribution >= 4 is 21.6 Å². The zero-order valence-electron chi connectivity index (χ0n) is 18.5. The van der Waals surface area contributed by atoms with E-state index in [2.05, 4.69) is 10.3 Å². The number of nitrogens with zero attached hydrogens (tertiary/aromatic N) is 2. The van der Waals surface area contributed by atoms with Crippen molar-refractivity contribution < 1.29 is 27.4 Å².